The lowest BCUT2D eigenvalue weighted by Gasteiger charge is -2.10. The summed E-state index contributed by atoms with van der Waals surface area (Å²) in [4.78, 5) is 16.3. The minimum atomic E-state index is 0.0972. The first kappa shape index (κ1) is 12.4. The molecule has 0 amide bonds. The number of nitrogen functional groups attached to an aromatic ring is 1. The number of carbonyl (C=O) groups is 1. The highest BCUT2D eigenvalue weighted by molar-refractivity contribution is 6.34. The summed E-state index contributed by atoms with van der Waals surface area (Å²) >= 11 is 6.16. The second kappa shape index (κ2) is 4.30. The van der Waals surface area contributed by atoms with Gasteiger partial charge in [0.15, 0.2) is 5.78 Å². The van der Waals surface area contributed by atoms with Gasteiger partial charge in [-0.15, -0.1) is 0 Å². The first-order valence-corrected chi connectivity index (χ1v) is 7.03. The van der Waals surface area contributed by atoms with Gasteiger partial charge in [0.05, 0.1) is 16.2 Å². The molecule has 102 valence electrons. The van der Waals surface area contributed by atoms with E-state index in [4.69, 9.17) is 17.3 Å². The zero-order chi connectivity index (χ0) is 14.6. The molecule has 1 aliphatic rings. The number of carbonyl (C=O) groups excluding carboxylic acids is 1. The Kier molecular flexibility index (Phi) is 2.53. The predicted molar refractivity (Wildman–Crippen MR) is 86.5 cm³/mol. The summed E-state index contributed by atoms with van der Waals surface area (Å²) in [5.74, 6) is 0.0972. The minimum Gasteiger partial charge on any atom is -0.398 e. The summed E-state index contributed by atoms with van der Waals surface area (Å²) in [5.41, 5.74) is 7.33. The summed E-state index contributed by atoms with van der Waals surface area (Å²) < 4.78 is 0. The fraction of sp³-hybridized carbons (Fsp3) is 0.0588. The zero-order valence-electron chi connectivity index (χ0n) is 11.1. The number of nitrogens with zero attached hydrogens (tertiary/aromatic N) is 1. The molecule has 3 nitrogen and oxygen atoms in total. The molecule has 2 N–H and O–H groups in total. The zero-order valence-corrected chi connectivity index (χ0v) is 11.8. The average Bonchev–Trinajstić information content (AvgIpc) is 2.49. The Labute approximate surface area is 125 Å². The Morgan fingerprint density at radius 1 is 1.14 bits per heavy atom. The molecule has 21 heavy (non-hydrogen) atoms. The van der Waals surface area contributed by atoms with Crippen molar-refractivity contribution in [3.8, 4) is 0 Å². The van der Waals surface area contributed by atoms with E-state index in [-0.39, 0.29) is 5.78 Å². The first-order chi connectivity index (χ1) is 10.1. The smallest absolute Gasteiger partial charge is 0.160 e. The number of ketones is 1. The lowest BCUT2D eigenvalue weighted by molar-refractivity contribution is -0.112. The highest BCUT2D eigenvalue weighted by Gasteiger charge is 2.12. The van der Waals surface area contributed by atoms with Crippen molar-refractivity contribution >= 4 is 56.9 Å². The molecule has 1 aliphatic carbocycles. The van der Waals surface area contributed by atoms with Crippen LogP contribution in [0.3, 0.4) is 0 Å². The fourth-order valence-electron chi connectivity index (χ4n) is 2.93. The van der Waals surface area contributed by atoms with Gasteiger partial charge < -0.3 is 5.73 Å². The lowest BCUT2D eigenvalue weighted by atomic mass is 9.96. The maximum absolute atomic E-state index is 11.8. The van der Waals surface area contributed by atoms with Gasteiger partial charge in [0.1, 0.15) is 0 Å². The van der Waals surface area contributed by atoms with Crippen molar-refractivity contribution < 1.29 is 4.79 Å². The van der Waals surface area contributed by atoms with Gasteiger partial charge in [-0.05, 0) is 40.1 Å². The third kappa shape index (κ3) is 1.74. The van der Waals surface area contributed by atoms with Gasteiger partial charge in [-0.2, -0.15) is 0 Å². The van der Waals surface area contributed by atoms with E-state index in [9.17, 15) is 4.79 Å². The second-order valence-electron chi connectivity index (χ2n) is 5.17. The monoisotopic (exact) mass is 294 g/mol. The summed E-state index contributed by atoms with van der Waals surface area (Å²) in [5, 5.41) is 5.32. The van der Waals surface area contributed by atoms with E-state index >= 15 is 0 Å². The predicted octanol–water partition coefficient (Wildman–Crippen LogP) is 2.16. The van der Waals surface area contributed by atoms with Crippen molar-refractivity contribution in [2.24, 2.45) is 0 Å². The van der Waals surface area contributed by atoms with Crippen molar-refractivity contribution in [2.45, 2.75) is 6.42 Å². The van der Waals surface area contributed by atoms with E-state index in [1.165, 1.54) is 0 Å². The Morgan fingerprint density at radius 2 is 2.00 bits per heavy atom. The minimum absolute atomic E-state index is 0.0972. The van der Waals surface area contributed by atoms with Crippen LogP contribution in [0.2, 0.25) is 5.02 Å². The van der Waals surface area contributed by atoms with Gasteiger partial charge >= 0.3 is 0 Å². The molecule has 4 heteroatoms. The van der Waals surface area contributed by atoms with E-state index in [1.54, 1.807) is 12.3 Å². The number of halogens is 1. The third-order valence-electron chi connectivity index (χ3n) is 3.88. The van der Waals surface area contributed by atoms with Crippen molar-refractivity contribution in [1.29, 1.82) is 0 Å². The van der Waals surface area contributed by atoms with Crippen LogP contribution in [-0.4, -0.2) is 10.8 Å². The van der Waals surface area contributed by atoms with Crippen LogP contribution < -0.4 is 16.2 Å². The third-order valence-corrected chi connectivity index (χ3v) is 4.21. The van der Waals surface area contributed by atoms with Crippen LogP contribution in [0.25, 0.3) is 33.8 Å². The van der Waals surface area contributed by atoms with Gasteiger partial charge in [-0.3, -0.25) is 9.78 Å². The van der Waals surface area contributed by atoms with Crippen LogP contribution >= 0.6 is 11.6 Å². The lowest BCUT2D eigenvalue weighted by Crippen LogP contribution is -2.31. The van der Waals surface area contributed by atoms with Crippen molar-refractivity contribution in [1.82, 2.24) is 4.98 Å². The maximum Gasteiger partial charge on any atom is 0.160 e. The molecular weight excluding hydrogens is 284 g/mol. The van der Waals surface area contributed by atoms with E-state index in [0.717, 1.165) is 32.1 Å². The fourth-order valence-corrected chi connectivity index (χ4v) is 3.10. The van der Waals surface area contributed by atoms with Crippen molar-refractivity contribution in [2.75, 3.05) is 5.73 Å². The number of benzene rings is 2. The van der Waals surface area contributed by atoms with Crippen LogP contribution in [0, 0.1) is 0 Å². The van der Waals surface area contributed by atoms with E-state index in [2.05, 4.69) is 4.98 Å². The molecule has 4 rings (SSSR count). The molecule has 3 aromatic rings. The molecule has 0 atom stereocenters. The van der Waals surface area contributed by atoms with Crippen LogP contribution in [-0.2, 0) is 4.79 Å². The molecule has 2 aromatic carbocycles. The van der Waals surface area contributed by atoms with Gasteiger partial charge in [-0.1, -0.05) is 23.7 Å². The normalized spacial score (nSPS) is 13.9. The van der Waals surface area contributed by atoms with Crippen LogP contribution in [0.1, 0.15) is 6.42 Å². The molecule has 0 fully saturated rings. The number of anilines is 1. The molecular formula is C17H11ClN2O. The summed E-state index contributed by atoms with van der Waals surface area (Å²) in [6.45, 7) is 0. The number of aromatic nitrogens is 1. The number of nitrogens with two attached hydrogens (primary N) is 1. The Morgan fingerprint density at radius 3 is 2.86 bits per heavy atom. The molecule has 0 radical (unpaired) electrons. The number of hydrogen-bond donors (Lipinski definition) is 1. The van der Waals surface area contributed by atoms with Gasteiger partial charge in [-0.25, -0.2) is 0 Å². The van der Waals surface area contributed by atoms with Gasteiger partial charge in [0.2, 0.25) is 0 Å². The number of hydrogen-bond acceptors (Lipinski definition) is 3. The number of rotatable bonds is 0. The summed E-state index contributed by atoms with van der Waals surface area (Å²) in [7, 11) is 0. The van der Waals surface area contributed by atoms with Crippen LogP contribution in [0.4, 0.5) is 5.69 Å². The van der Waals surface area contributed by atoms with E-state index < -0.39 is 0 Å². The Bertz CT molecular complexity index is 1050. The molecule has 0 saturated heterocycles. The van der Waals surface area contributed by atoms with Crippen molar-refractivity contribution in [3.63, 3.8) is 0 Å². The van der Waals surface area contributed by atoms with Crippen molar-refractivity contribution in [3.05, 3.63) is 45.9 Å². The highest BCUT2D eigenvalue weighted by Crippen LogP contribution is 2.27. The highest BCUT2D eigenvalue weighted by atomic mass is 35.5. The largest absolute Gasteiger partial charge is 0.398 e. The quantitative estimate of drug-likeness (QED) is 0.510. The Balaban J connectivity index is 2.41. The number of fused-ring (bicyclic) bond motifs is 6. The maximum atomic E-state index is 11.8. The summed E-state index contributed by atoms with van der Waals surface area (Å²) in [6.07, 6.45) is 5.84. The molecule has 1 heterocycles. The molecule has 0 aliphatic heterocycles. The Hall–Kier alpha value is -2.39. The van der Waals surface area contributed by atoms with E-state index in [1.807, 2.05) is 30.3 Å². The van der Waals surface area contributed by atoms with Gasteiger partial charge in [0.25, 0.3) is 0 Å². The molecule has 0 unspecified atom stereocenters. The molecule has 0 saturated carbocycles. The molecule has 0 bridgehead atoms. The van der Waals surface area contributed by atoms with Crippen LogP contribution in [0.15, 0.2) is 30.5 Å². The SMILES string of the molecule is Nc1cc2c(cc1Cl)c1c(c3cccnc32)=CCC(=O)C=1. The second-order valence-corrected chi connectivity index (χ2v) is 5.57. The number of Topliss-reactive ketones (excluding diaryl/α,β-unsaturated/α-hetero) is 1. The van der Waals surface area contributed by atoms with Gasteiger partial charge in [0, 0.05) is 23.4 Å². The first-order valence-electron chi connectivity index (χ1n) is 6.65. The summed E-state index contributed by atoms with van der Waals surface area (Å²) in [6, 6.07) is 7.58. The molecule has 0 spiro atoms. The van der Waals surface area contributed by atoms with Crippen LogP contribution in [0.5, 0.6) is 0 Å². The average molecular weight is 295 g/mol. The number of pyridine rings is 1. The standard InChI is InChI=1S/C17H11ClN2O/c18-15-7-13-12-6-9(21)3-4-10(12)11-2-1-5-20-17(11)14(13)8-16(15)19/h1-2,4-8H,3,19H2. The molecule has 1 aromatic heterocycles. The van der Waals surface area contributed by atoms with E-state index in [0.29, 0.717) is 17.1 Å². The topological polar surface area (TPSA) is 56.0 Å².